The average molecular weight is 285 g/mol. The second-order valence-corrected chi connectivity index (χ2v) is 5.51. The van der Waals surface area contributed by atoms with Crippen molar-refractivity contribution < 1.29 is 4.74 Å². The fourth-order valence-corrected chi connectivity index (χ4v) is 2.71. The van der Waals surface area contributed by atoms with E-state index in [9.17, 15) is 0 Å². The molecule has 1 saturated heterocycles. The molecule has 5 nitrogen and oxygen atoms in total. The van der Waals surface area contributed by atoms with E-state index in [0.29, 0.717) is 16.8 Å². The Morgan fingerprint density at radius 3 is 2.74 bits per heavy atom. The lowest BCUT2D eigenvalue weighted by Gasteiger charge is -2.32. The van der Waals surface area contributed by atoms with Gasteiger partial charge in [0.25, 0.3) is 0 Å². The van der Waals surface area contributed by atoms with E-state index in [-0.39, 0.29) is 0 Å². The summed E-state index contributed by atoms with van der Waals surface area (Å²) in [7, 11) is 5.80. The fraction of sp³-hybridized carbons (Fsp3) is 0.692. The van der Waals surface area contributed by atoms with Crippen molar-refractivity contribution in [2.45, 2.75) is 12.8 Å². The van der Waals surface area contributed by atoms with Crippen LogP contribution < -0.4 is 9.64 Å². The molecule has 106 valence electrons. The molecule has 0 aromatic carbocycles. The summed E-state index contributed by atoms with van der Waals surface area (Å²) < 4.78 is 5.30. The van der Waals surface area contributed by atoms with Crippen LogP contribution in [0.2, 0.25) is 5.15 Å². The van der Waals surface area contributed by atoms with Crippen molar-refractivity contribution in [3.8, 4) is 5.75 Å². The first-order valence-corrected chi connectivity index (χ1v) is 6.93. The highest BCUT2D eigenvalue weighted by Crippen LogP contribution is 2.31. The number of hydrogen-bond donors (Lipinski definition) is 0. The number of likely N-dealkylation sites (tertiary alicyclic amines) is 1. The van der Waals surface area contributed by atoms with E-state index in [2.05, 4.69) is 26.8 Å². The Balaban J connectivity index is 2.03. The maximum Gasteiger partial charge on any atom is 0.199 e. The van der Waals surface area contributed by atoms with E-state index < -0.39 is 0 Å². The van der Waals surface area contributed by atoms with Crippen molar-refractivity contribution in [2.24, 2.45) is 5.92 Å². The molecular formula is C13H21ClN4O. The second kappa shape index (κ2) is 6.39. The van der Waals surface area contributed by atoms with Gasteiger partial charge in [-0.05, 0) is 38.9 Å². The monoisotopic (exact) mass is 284 g/mol. The van der Waals surface area contributed by atoms with Crippen LogP contribution in [-0.4, -0.2) is 55.7 Å². The summed E-state index contributed by atoms with van der Waals surface area (Å²) in [5, 5.41) is 0.364. The summed E-state index contributed by atoms with van der Waals surface area (Å²) in [6.07, 6.45) is 3.93. The molecule has 6 heteroatoms. The quantitative estimate of drug-likeness (QED) is 0.790. The summed E-state index contributed by atoms with van der Waals surface area (Å²) in [4.78, 5) is 12.7. The third-order valence-corrected chi connectivity index (χ3v) is 3.95. The van der Waals surface area contributed by atoms with Crippen LogP contribution in [0.25, 0.3) is 0 Å². The van der Waals surface area contributed by atoms with E-state index in [4.69, 9.17) is 16.3 Å². The van der Waals surface area contributed by atoms with Gasteiger partial charge in [0.15, 0.2) is 16.7 Å². The van der Waals surface area contributed by atoms with Crippen molar-refractivity contribution >= 4 is 17.4 Å². The number of methoxy groups -OCH3 is 1. The van der Waals surface area contributed by atoms with Gasteiger partial charge in [0.05, 0.1) is 7.11 Å². The van der Waals surface area contributed by atoms with Gasteiger partial charge in [-0.2, -0.15) is 0 Å². The zero-order valence-corrected chi connectivity index (χ0v) is 12.5. The number of aromatic nitrogens is 2. The second-order valence-electron chi connectivity index (χ2n) is 5.15. The first-order valence-electron chi connectivity index (χ1n) is 6.56. The van der Waals surface area contributed by atoms with Gasteiger partial charge in [0.1, 0.15) is 6.33 Å². The van der Waals surface area contributed by atoms with Gasteiger partial charge >= 0.3 is 0 Å². The zero-order valence-electron chi connectivity index (χ0n) is 11.8. The van der Waals surface area contributed by atoms with Crippen LogP contribution in [0.5, 0.6) is 5.75 Å². The molecule has 0 unspecified atom stereocenters. The van der Waals surface area contributed by atoms with Gasteiger partial charge in [-0.1, -0.05) is 11.6 Å². The number of hydrogen-bond acceptors (Lipinski definition) is 5. The van der Waals surface area contributed by atoms with Gasteiger partial charge in [-0.25, -0.2) is 9.97 Å². The van der Waals surface area contributed by atoms with Gasteiger partial charge in [0.2, 0.25) is 0 Å². The maximum absolute atomic E-state index is 6.03. The molecule has 1 aliphatic heterocycles. The molecule has 2 rings (SSSR count). The summed E-state index contributed by atoms with van der Waals surface area (Å²) in [6.45, 7) is 3.30. The molecule has 0 N–H and O–H groups in total. The molecule has 0 saturated carbocycles. The summed E-state index contributed by atoms with van der Waals surface area (Å²) in [6, 6.07) is 0. The van der Waals surface area contributed by atoms with Crippen molar-refractivity contribution in [1.82, 2.24) is 14.9 Å². The predicted octanol–water partition coefficient (Wildman–Crippen LogP) is 1.92. The molecule has 0 radical (unpaired) electrons. The first-order chi connectivity index (χ1) is 9.11. The number of ether oxygens (including phenoxy) is 1. The highest BCUT2D eigenvalue weighted by Gasteiger charge is 2.21. The normalized spacial score (nSPS) is 17.5. The summed E-state index contributed by atoms with van der Waals surface area (Å²) in [5.41, 5.74) is 0. The number of anilines is 1. The standard InChI is InChI=1S/C13H21ClN4O/c1-17-6-4-10(5-7-17)8-18(2)13-11(19-3)12(14)15-9-16-13/h9-10H,4-8H2,1-3H3. The lowest BCUT2D eigenvalue weighted by atomic mass is 9.97. The Kier molecular flexibility index (Phi) is 4.82. The van der Waals surface area contributed by atoms with Crippen molar-refractivity contribution in [3.05, 3.63) is 11.5 Å². The van der Waals surface area contributed by atoms with E-state index in [1.807, 2.05) is 7.05 Å². The topological polar surface area (TPSA) is 41.5 Å². The van der Waals surface area contributed by atoms with Crippen molar-refractivity contribution in [3.63, 3.8) is 0 Å². The minimum absolute atomic E-state index is 0.364. The minimum Gasteiger partial charge on any atom is -0.490 e. The number of piperidine rings is 1. The highest BCUT2D eigenvalue weighted by atomic mass is 35.5. The lowest BCUT2D eigenvalue weighted by Crippen LogP contribution is -2.36. The molecule has 19 heavy (non-hydrogen) atoms. The first kappa shape index (κ1) is 14.3. The minimum atomic E-state index is 0.364. The number of nitrogens with zero attached hydrogens (tertiary/aromatic N) is 4. The third-order valence-electron chi connectivity index (χ3n) is 3.68. The van der Waals surface area contributed by atoms with Crippen LogP contribution in [0.15, 0.2) is 6.33 Å². The molecule has 0 atom stereocenters. The Morgan fingerprint density at radius 1 is 1.42 bits per heavy atom. The van der Waals surface area contributed by atoms with E-state index in [0.717, 1.165) is 12.4 Å². The highest BCUT2D eigenvalue weighted by molar-refractivity contribution is 6.31. The van der Waals surface area contributed by atoms with Crippen molar-refractivity contribution in [2.75, 3.05) is 45.7 Å². The molecule has 1 aromatic heterocycles. The van der Waals surface area contributed by atoms with Gasteiger partial charge in [0, 0.05) is 13.6 Å². The molecular weight excluding hydrogens is 264 g/mol. The van der Waals surface area contributed by atoms with Crippen molar-refractivity contribution in [1.29, 1.82) is 0 Å². The third kappa shape index (κ3) is 3.48. The molecule has 0 spiro atoms. The fourth-order valence-electron chi connectivity index (χ4n) is 2.51. The zero-order chi connectivity index (χ0) is 13.8. The van der Waals surface area contributed by atoms with Crippen LogP contribution in [0.4, 0.5) is 5.82 Å². The Bertz CT molecular complexity index is 421. The number of halogens is 1. The summed E-state index contributed by atoms with van der Waals surface area (Å²) in [5.74, 6) is 2.01. The van der Waals surface area contributed by atoms with Crippen LogP contribution in [0.1, 0.15) is 12.8 Å². The summed E-state index contributed by atoms with van der Waals surface area (Å²) >= 11 is 6.03. The molecule has 1 aliphatic rings. The SMILES string of the molecule is COc1c(Cl)ncnc1N(C)CC1CCN(C)CC1. The van der Waals surface area contributed by atoms with Gasteiger partial charge < -0.3 is 14.5 Å². The molecule has 0 amide bonds. The predicted molar refractivity (Wildman–Crippen MR) is 77.1 cm³/mol. The van der Waals surface area contributed by atoms with Crippen LogP contribution in [0.3, 0.4) is 0 Å². The van der Waals surface area contributed by atoms with E-state index in [1.54, 1.807) is 7.11 Å². The molecule has 0 bridgehead atoms. The molecule has 2 heterocycles. The van der Waals surface area contributed by atoms with Crippen LogP contribution in [-0.2, 0) is 0 Å². The maximum atomic E-state index is 6.03. The Hall–Kier alpha value is -1.07. The molecule has 1 fully saturated rings. The van der Waals surface area contributed by atoms with Gasteiger partial charge in [-0.3, -0.25) is 0 Å². The Morgan fingerprint density at radius 2 is 2.11 bits per heavy atom. The molecule has 1 aromatic rings. The average Bonchev–Trinajstić information content (AvgIpc) is 2.41. The number of rotatable bonds is 4. The largest absolute Gasteiger partial charge is 0.490 e. The smallest absolute Gasteiger partial charge is 0.199 e. The van der Waals surface area contributed by atoms with Gasteiger partial charge in [-0.15, -0.1) is 0 Å². The Labute approximate surface area is 119 Å². The van der Waals surface area contributed by atoms with Crippen LogP contribution >= 0.6 is 11.6 Å². The van der Waals surface area contributed by atoms with E-state index >= 15 is 0 Å². The lowest BCUT2D eigenvalue weighted by molar-refractivity contribution is 0.222. The van der Waals surface area contributed by atoms with Crippen LogP contribution in [0, 0.1) is 5.92 Å². The molecule has 0 aliphatic carbocycles. The van der Waals surface area contributed by atoms with E-state index in [1.165, 1.54) is 32.3 Å².